The molecule has 14 nitrogen and oxygen atoms in total. The monoisotopic (exact) mass is 790 g/mol. The Balaban J connectivity index is 1.54. The summed E-state index contributed by atoms with van der Waals surface area (Å²) in [5.74, 6) is 0.464. The van der Waals surface area contributed by atoms with Gasteiger partial charge in [-0.1, -0.05) is 11.3 Å². The maximum absolute atomic E-state index is 13.5. The number of hydrogen-bond acceptors (Lipinski definition) is 11. The maximum Gasteiger partial charge on any atom is 0.367 e. The minimum absolute atomic E-state index is 0.0356. The lowest BCUT2D eigenvalue weighted by atomic mass is 9.93. The zero-order valence-electron chi connectivity index (χ0n) is 30.3. The first-order valence-corrected chi connectivity index (χ1v) is 21.9. The van der Waals surface area contributed by atoms with Crippen LogP contribution in [0.15, 0.2) is 75.0 Å². The highest BCUT2D eigenvalue weighted by atomic mass is 32.2. The quantitative estimate of drug-likeness (QED) is 0.0418. The maximum atomic E-state index is 13.5. The molecular formula is C35H44FN6O8PS2. The summed E-state index contributed by atoms with van der Waals surface area (Å²) >= 11 is 0. The Hall–Kier alpha value is -3.99. The van der Waals surface area contributed by atoms with E-state index in [2.05, 4.69) is 29.0 Å². The van der Waals surface area contributed by atoms with Crippen LogP contribution in [0, 0.1) is 0 Å². The van der Waals surface area contributed by atoms with Crippen LogP contribution in [0.3, 0.4) is 0 Å². The number of fused-ring (bicyclic) bond motifs is 2. The minimum atomic E-state index is -5.21. The van der Waals surface area contributed by atoms with E-state index >= 15 is 0 Å². The molecule has 2 aliphatic rings. The van der Waals surface area contributed by atoms with E-state index in [1.165, 1.54) is 23.0 Å². The van der Waals surface area contributed by atoms with Crippen molar-refractivity contribution >= 4 is 44.5 Å². The van der Waals surface area contributed by atoms with Gasteiger partial charge in [-0.3, -0.25) is 9.25 Å². The summed E-state index contributed by atoms with van der Waals surface area (Å²) in [5.41, 5.74) is 2.62. The first-order chi connectivity index (χ1) is 25.1. The van der Waals surface area contributed by atoms with Gasteiger partial charge >= 0.3 is 7.68 Å². The van der Waals surface area contributed by atoms with E-state index in [0.29, 0.717) is 40.8 Å². The lowest BCUT2D eigenvalue weighted by molar-refractivity contribution is 0.353. The Morgan fingerprint density at radius 3 is 2.36 bits per heavy atom. The molecule has 1 N–H and O–H groups in total. The highest BCUT2D eigenvalue weighted by molar-refractivity contribution is 7.89. The molecule has 5 rings (SSSR count). The predicted molar refractivity (Wildman–Crippen MR) is 200 cm³/mol. The van der Waals surface area contributed by atoms with Gasteiger partial charge in [0.05, 0.1) is 34.3 Å². The fourth-order valence-corrected chi connectivity index (χ4v) is 8.85. The average molecular weight is 791 g/mol. The predicted octanol–water partition coefficient (Wildman–Crippen LogP) is 5.43. The standard InChI is InChI=1S/C35H44FN6O8PS2/c1-6-40(7-2)26-12-15-29-32(20-26)50-33-21-27(41(8-3)9-4)13-16-30(33)35(29)31-17-14-28(22-34(31)53(46,47)48)52(44,45)37-23-25-24-42(39-38-25)18-10-11-19-51(36,43)49-5/h12-17,20-22,24,37H,6-11,18-19,23H2,1-5H3. The van der Waals surface area contributed by atoms with E-state index in [9.17, 15) is 30.2 Å². The highest BCUT2D eigenvalue weighted by Crippen LogP contribution is 2.48. The van der Waals surface area contributed by atoms with Gasteiger partial charge in [0.1, 0.15) is 34.6 Å². The molecule has 0 bridgehead atoms. The van der Waals surface area contributed by atoms with Gasteiger partial charge in [0.2, 0.25) is 15.4 Å². The van der Waals surface area contributed by atoms with Crippen molar-refractivity contribution in [2.75, 3.05) is 44.4 Å². The fraction of sp³-hybridized carbons (Fsp3) is 0.400. The number of nitrogens with one attached hydrogen (secondary N) is 1. The summed E-state index contributed by atoms with van der Waals surface area (Å²) in [5, 5.41) is 9.33. The highest BCUT2D eigenvalue weighted by Gasteiger charge is 2.25. The molecule has 0 radical (unpaired) electrons. The first kappa shape index (κ1) is 40.2. The number of nitrogens with zero attached hydrogens (tertiary/aromatic N) is 5. The number of hydrogen-bond donors (Lipinski definition) is 1. The molecule has 1 aromatic heterocycles. The SMILES string of the molecule is CCN(CC)c1ccc2c(-c3ccc(S(=O)(=O)NCc4cn(CCCCP(=O)(F)OC)nn4)cc3S(=O)(=O)[O-])c3ccc(=[N+](CC)CC)cc-3oc2c1. The second-order valence-electron chi connectivity index (χ2n) is 12.3. The van der Waals surface area contributed by atoms with E-state index in [1.807, 2.05) is 64.1 Å². The molecule has 0 amide bonds. The number of halogens is 1. The molecule has 1 aliphatic carbocycles. The average Bonchev–Trinajstić information content (AvgIpc) is 3.59. The summed E-state index contributed by atoms with van der Waals surface area (Å²) in [6.07, 6.45) is 1.98. The van der Waals surface area contributed by atoms with Crippen molar-refractivity contribution in [3.63, 3.8) is 0 Å². The van der Waals surface area contributed by atoms with Crippen LogP contribution in [0.2, 0.25) is 0 Å². The van der Waals surface area contributed by atoms with Gasteiger partial charge in [-0.05, 0) is 70.9 Å². The van der Waals surface area contributed by atoms with Crippen molar-refractivity contribution in [1.29, 1.82) is 0 Å². The third kappa shape index (κ3) is 9.22. The number of aromatic nitrogens is 3. The van der Waals surface area contributed by atoms with Crippen molar-refractivity contribution in [3.8, 4) is 22.5 Å². The lowest BCUT2D eigenvalue weighted by Gasteiger charge is -2.23. The van der Waals surface area contributed by atoms with Crippen molar-refractivity contribution < 1.29 is 39.1 Å². The number of rotatable bonds is 17. The second kappa shape index (κ2) is 16.6. The zero-order chi connectivity index (χ0) is 38.6. The Kier molecular flexibility index (Phi) is 12.6. The molecule has 0 saturated heterocycles. The normalized spacial score (nSPS) is 13.4. The molecule has 1 unspecified atom stereocenters. The smallest absolute Gasteiger partial charge is 0.367 e. The Bertz CT molecular complexity index is 2410. The number of benzene rings is 3. The topological polar surface area (TPSA) is 180 Å². The molecule has 0 fully saturated rings. The van der Waals surface area contributed by atoms with Gasteiger partial charge in [-0.15, -0.1) is 5.10 Å². The van der Waals surface area contributed by atoms with Crippen LogP contribution in [-0.2, 0) is 42.3 Å². The summed E-state index contributed by atoms with van der Waals surface area (Å²) in [4.78, 5) is 1.01. The zero-order valence-corrected chi connectivity index (χ0v) is 32.8. The molecule has 2 heterocycles. The van der Waals surface area contributed by atoms with Crippen molar-refractivity contribution in [1.82, 2.24) is 24.3 Å². The minimum Gasteiger partial charge on any atom is -0.744 e. The van der Waals surface area contributed by atoms with Crippen LogP contribution in [0.25, 0.3) is 33.4 Å². The van der Waals surface area contributed by atoms with E-state index in [4.69, 9.17) is 4.42 Å². The van der Waals surface area contributed by atoms with Gasteiger partial charge in [0.25, 0.3) is 0 Å². The summed E-state index contributed by atoms with van der Waals surface area (Å²) < 4.78 is 107. The molecular weight excluding hydrogens is 747 g/mol. The number of unbranched alkanes of at least 4 members (excludes halogenated alkanes) is 1. The van der Waals surface area contributed by atoms with Crippen molar-refractivity contribution in [2.45, 2.75) is 63.4 Å². The number of anilines is 1. The van der Waals surface area contributed by atoms with Gasteiger partial charge in [-0.25, -0.2) is 26.1 Å². The first-order valence-electron chi connectivity index (χ1n) is 17.3. The van der Waals surface area contributed by atoms with E-state index in [-0.39, 0.29) is 30.4 Å². The summed E-state index contributed by atoms with van der Waals surface area (Å²) in [6.45, 7) is 11.2. The summed E-state index contributed by atoms with van der Waals surface area (Å²) in [6, 6.07) is 14.7. The second-order valence-corrected chi connectivity index (χ2v) is 17.4. The molecule has 53 heavy (non-hydrogen) atoms. The molecule has 2 aromatic carbocycles. The van der Waals surface area contributed by atoms with E-state index in [0.717, 1.165) is 50.4 Å². The fourth-order valence-electron chi connectivity index (χ4n) is 6.26. The van der Waals surface area contributed by atoms with Gasteiger partial charge in [0.15, 0.2) is 0 Å². The molecule has 18 heteroatoms. The summed E-state index contributed by atoms with van der Waals surface area (Å²) in [7, 11) is -12.6. The van der Waals surface area contributed by atoms with Gasteiger partial charge in [0, 0.05) is 72.8 Å². The van der Waals surface area contributed by atoms with Crippen LogP contribution >= 0.6 is 7.68 Å². The van der Waals surface area contributed by atoms with E-state index < -0.39 is 37.6 Å². The van der Waals surface area contributed by atoms with Gasteiger partial charge in [-0.2, -0.15) is 4.20 Å². The lowest BCUT2D eigenvalue weighted by Crippen LogP contribution is -2.29. The Morgan fingerprint density at radius 1 is 0.981 bits per heavy atom. The number of aryl methyl sites for hydroxylation is 1. The molecule has 1 aliphatic heterocycles. The molecule has 286 valence electrons. The third-order valence-corrected chi connectivity index (χ3v) is 12.8. The van der Waals surface area contributed by atoms with Gasteiger partial charge < -0.3 is 18.4 Å². The van der Waals surface area contributed by atoms with Crippen LogP contribution in [0.5, 0.6) is 0 Å². The van der Waals surface area contributed by atoms with Crippen LogP contribution in [0.4, 0.5) is 9.88 Å². The molecule has 0 saturated carbocycles. The van der Waals surface area contributed by atoms with Crippen molar-refractivity contribution in [3.05, 3.63) is 71.8 Å². The number of sulfonamides is 1. The Morgan fingerprint density at radius 2 is 1.70 bits per heavy atom. The molecule has 3 aromatic rings. The van der Waals surface area contributed by atoms with Crippen LogP contribution < -0.4 is 19.6 Å². The van der Waals surface area contributed by atoms with Crippen LogP contribution in [-0.4, -0.2) is 75.8 Å². The molecule has 1 atom stereocenters. The van der Waals surface area contributed by atoms with Crippen molar-refractivity contribution in [2.24, 2.45) is 0 Å². The largest absolute Gasteiger partial charge is 0.744 e. The van der Waals surface area contributed by atoms with Crippen LogP contribution in [0.1, 0.15) is 46.2 Å². The molecule has 0 spiro atoms. The van der Waals surface area contributed by atoms with E-state index in [1.54, 1.807) is 0 Å². The third-order valence-electron chi connectivity index (χ3n) is 9.11. The Labute approximate surface area is 309 Å².